The minimum Gasteiger partial charge on any atom is -0.493 e. The molecule has 0 fully saturated rings. The van der Waals surface area contributed by atoms with Crippen LogP contribution in [0, 0.1) is 0 Å². The van der Waals surface area contributed by atoms with Gasteiger partial charge >= 0.3 is 5.97 Å². The number of aliphatic carboxylic acids is 1. The van der Waals surface area contributed by atoms with E-state index in [0.717, 1.165) is 0 Å². The lowest BCUT2D eigenvalue weighted by molar-refractivity contribution is -0.146. The summed E-state index contributed by atoms with van der Waals surface area (Å²) in [6.45, 7) is 3.79. The summed E-state index contributed by atoms with van der Waals surface area (Å²) >= 11 is 0. The lowest BCUT2D eigenvalue weighted by atomic mass is 9.97. The highest BCUT2D eigenvalue weighted by Gasteiger charge is 2.25. The van der Waals surface area contributed by atoms with E-state index in [0.29, 0.717) is 12.4 Å². The number of ketones is 1. The van der Waals surface area contributed by atoms with Crippen LogP contribution < -0.4 is 4.74 Å². The van der Waals surface area contributed by atoms with Gasteiger partial charge in [-0.25, -0.2) is 4.79 Å². The van der Waals surface area contributed by atoms with E-state index < -0.39 is 12.1 Å². The van der Waals surface area contributed by atoms with Crippen molar-refractivity contribution in [3.63, 3.8) is 0 Å². The molecule has 0 heterocycles. The number of benzene rings is 1. The Labute approximate surface area is 105 Å². The van der Waals surface area contributed by atoms with E-state index in [-0.39, 0.29) is 23.3 Å². The lowest BCUT2D eigenvalue weighted by Crippen LogP contribution is -2.16. The van der Waals surface area contributed by atoms with Gasteiger partial charge in [-0.3, -0.25) is 4.79 Å². The molecular weight excluding hydrogens is 236 g/mol. The summed E-state index contributed by atoms with van der Waals surface area (Å²) in [6.07, 6.45) is -1.51. The van der Waals surface area contributed by atoms with Gasteiger partial charge < -0.3 is 14.9 Å². The van der Waals surface area contributed by atoms with Crippen molar-refractivity contribution in [1.29, 1.82) is 0 Å². The molecule has 98 valence electrons. The van der Waals surface area contributed by atoms with E-state index in [4.69, 9.17) is 9.84 Å². The highest BCUT2D eigenvalue weighted by molar-refractivity contribution is 6.01. The number of ether oxygens (including phenoxy) is 1. The Kier molecular flexibility index (Phi) is 4.85. The molecule has 0 saturated heterocycles. The maximum Gasteiger partial charge on any atom is 0.337 e. The highest BCUT2D eigenvalue weighted by Crippen LogP contribution is 2.28. The molecule has 0 aliphatic heterocycles. The van der Waals surface area contributed by atoms with E-state index >= 15 is 0 Å². The first-order chi connectivity index (χ1) is 8.52. The second kappa shape index (κ2) is 6.16. The number of carboxylic acid groups (broad SMARTS) is 1. The van der Waals surface area contributed by atoms with Crippen LogP contribution in [0.15, 0.2) is 18.2 Å². The molecule has 18 heavy (non-hydrogen) atoms. The second-order valence-corrected chi connectivity index (χ2v) is 3.67. The molecule has 0 aromatic heterocycles. The van der Waals surface area contributed by atoms with E-state index in [2.05, 4.69) is 0 Å². The number of aliphatic hydroxyl groups is 1. The minimum absolute atomic E-state index is 0.0697. The minimum atomic E-state index is -1.73. The zero-order valence-electron chi connectivity index (χ0n) is 10.3. The van der Waals surface area contributed by atoms with E-state index in [1.54, 1.807) is 26.0 Å². The Balaban J connectivity index is 3.36. The third kappa shape index (κ3) is 2.87. The highest BCUT2D eigenvalue weighted by atomic mass is 16.5. The molecule has 0 aliphatic rings. The van der Waals surface area contributed by atoms with Gasteiger partial charge in [-0.15, -0.1) is 0 Å². The van der Waals surface area contributed by atoms with E-state index in [9.17, 15) is 14.7 Å². The van der Waals surface area contributed by atoms with Crippen molar-refractivity contribution in [2.24, 2.45) is 0 Å². The Bertz CT molecular complexity index is 453. The van der Waals surface area contributed by atoms with Gasteiger partial charge in [0.05, 0.1) is 12.2 Å². The Morgan fingerprint density at radius 2 is 2.00 bits per heavy atom. The van der Waals surface area contributed by atoms with Crippen LogP contribution in [0.1, 0.15) is 42.3 Å². The third-order valence-electron chi connectivity index (χ3n) is 2.49. The molecule has 0 amide bonds. The van der Waals surface area contributed by atoms with Crippen molar-refractivity contribution >= 4 is 11.8 Å². The summed E-state index contributed by atoms with van der Waals surface area (Å²) in [5.74, 6) is -1.34. The van der Waals surface area contributed by atoms with Crippen LogP contribution in [-0.2, 0) is 4.79 Å². The molecule has 0 bridgehead atoms. The zero-order chi connectivity index (χ0) is 13.7. The van der Waals surface area contributed by atoms with E-state index in [1.807, 2.05) is 0 Å². The average Bonchev–Trinajstić information content (AvgIpc) is 2.37. The summed E-state index contributed by atoms with van der Waals surface area (Å²) in [5, 5.41) is 18.4. The monoisotopic (exact) mass is 252 g/mol. The Morgan fingerprint density at radius 1 is 1.33 bits per heavy atom. The number of carbonyl (C=O) groups is 2. The van der Waals surface area contributed by atoms with Crippen molar-refractivity contribution < 1.29 is 24.5 Å². The summed E-state index contributed by atoms with van der Waals surface area (Å²) in [4.78, 5) is 22.7. The van der Waals surface area contributed by atoms with Crippen molar-refractivity contribution in [2.75, 3.05) is 6.61 Å². The zero-order valence-corrected chi connectivity index (χ0v) is 10.3. The average molecular weight is 252 g/mol. The SMILES string of the molecule is CCOc1cccc(C(O)C(=O)O)c1C(=O)CC. The largest absolute Gasteiger partial charge is 0.493 e. The smallest absolute Gasteiger partial charge is 0.337 e. The molecule has 0 radical (unpaired) electrons. The van der Waals surface area contributed by atoms with Gasteiger partial charge in [-0.2, -0.15) is 0 Å². The van der Waals surface area contributed by atoms with Gasteiger partial charge in [0.1, 0.15) is 5.75 Å². The van der Waals surface area contributed by atoms with Gasteiger partial charge in [0.25, 0.3) is 0 Å². The predicted molar refractivity (Wildman–Crippen MR) is 64.8 cm³/mol. The molecule has 0 aliphatic carbocycles. The Morgan fingerprint density at radius 3 is 2.50 bits per heavy atom. The standard InChI is InChI=1S/C13H16O5/c1-3-9(14)11-8(12(15)13(16)17)6-5-7-10(11)18-4-2/h5-7,12,15H,3-4H2,1-2H3,(H,16,17). The lowest BCUT2D eigenvalue weighted by Gasteiger charge is -2.15. The first-order valence-corrected chi connectivity index (χ1v) is 5.72. The van der Waals surface area contributed by atoms with Gasteiger partial charge in [0.2, 0.25) is 0 Å². The maximum absolute atomic E-state index is 11.9. The normalized spacial score (nSPS) is 11.9. The van der Waals surface area contributed by atoms with Crippen molar-refractivity contribution in [1.82, 2.24) is 0 Å². The first kappa shape index (κ1) is 14.2. The Hall–Kier alpha value is -1.88. The van der Waals surface area contributed by atoms with E-state index in [1.165, 1.54) is 6.07 Å². The van der Waals surface area contributed by atoms with Crippen LogP contribution in [0.4, 0.5) is 0 Å². The van der Waals surface area contributed by atoms with Gasteiger partial charge in [0, 0.05) is 12.0 Å². The molecule has 0 spiro atoms. The van der Waals surface area contributed by atoms with Crippen LogP contribution >= 0.6 is 0 Å². The fourth-order valence-electron chi connectivity index (χ4n) is 1.66. The van der Waals surface area contributed by atoms with Crippen LogP contribution in [0.2, 0.25) is 0 Å². The van der Waals surface area contributed by atoms with Crippen molar-refractivity contribution in [2.45, 2.75) is 26.4 Å². The number of carboxylic acids is 1. The molecule has 0 saturated carbocycles. The number of carbonyl (C=O) groups excluding carboxylic acids is 1. The summed E-state index contributed by atoms with van der Waals surface area (Å²) < 4.78 is 5.31. The van der Waals surface area contributed by atoms with Gasteiger partial charge in [-0.05, 0) is 13.0 Å². The fourth-order valence-corrected chi connectivity index (χ4v) is 1.66. The van der Waals surface area contributed by atoms with Crippen LogP contribution in [0.5, 0.6) is 5.75 Å². The van der Waals surface area contributed by atoms with Crippen LogP contribution in [0.3, 0.4) is 0 Å². The molecule has 1 aromatic carbocycles. The van der Waals surface area contributed by atoms with Crippen LogP contribution in [0.25, 0.3) is 0 Å². The van der Waals surface area contributed by atoms with Crippen molar-refractivity contribution in [3.8, 4) is 5.75 Å². The molecule has 2 N–H and O–H groups in total. The number of Topliss-reactive ketones (excluding diaryl/α,β-unsaturated/α-hetero) is 1. The number of hydrogen-bond acceptors (Lipinski definition) is 4. The quantitative estimate of drug-likeness (QED) is 0.754. The molecule has 1 rings (SSSR count). The molecule has 5 nitrogen and oxygen atoms in total. The first-order valence-electron chi connectivity index (χ1n) is 5.72. The van der Waals surface area contributed by atoms with Gasteiger partial charge in [0.15, 0.2) is 11.9 Å². The van der Waals surface area contributed by atoms with Crippen molar-refractivity contribution in [3.05, 3.63) is 29.3 Å². The number of aliphatic hydroxyl groups excluding tert-OH is 1. The molecule has 5 heteroatoms. The topological polar surface area (TPSA) is 83.8 Å². The molecule has 1 aromatic rings. The summed E-state index contributed by atoms with van der Waals surface area (Å²) in [7, 11) is 0. The van der Waals surface area contributed by atoms with Crippen LogP contribution in [-0.4, -0.2) is 28.6 Å². The summed E-state index contributed by atoms with van der Waals surface area (Å²) in [6, 6.07) is 4.56. The second-order valence-electron chi connectivity index (χ2n) is 3.67. The number of hydrogen-bond donors (Lipinski definition) is 2. The fraction of sp³-hybridized carbons (Fsp3) is 0.385. The number of rotatable bonds is 6. The molecule has 1 unspecified atom stereocenters. The molecular formula is C13H16O5. The predicted octanol–water partition coefficient (Wildman–Crippen LogP) is 1.80. The molecule has 1 atom stereocenters. The van der Waals surface area contributed by atoms with Gasteiger partial charge in [-0.1, -0.05) is 19.1 Å². The third-order valence-corrected chi connectivity index (χ3v) is 2.49. The summed E-state index contributed by atoms with van der Waals surface area (Å²) in [5.41, 5.74) is 0.219. The maximum atomic E-state index is 11.9.